The number of aromatic nitrogens is 2. The lowest BCUT2D eigenvalue weighted by Gasteiger charge is -2.06. The summed E-state index contributed by atoms with van der Waals surface area (Å²) in [5.41, 5.74) is 3.38. The van der Waals surface area contributed by atoms with E-state index in [2.05, 4.69) is 12.0 Å². The molecule has 2 aromatic rings. The van der Waals surface area contributed by atoms with Crippen molar-refractivity contribution >= 4 is 29.1 Å². The largest absolute Gasteiger partial charge is 0.279 e. The Morgan fingerprint density at radius 2 is 1.95 bits per heavy atom. The predicted molar refractivity (Wildman–Crippen MR) is 91.1 cm³/mol. The van der Waals surface area contributed by atoms with E-state index in [1.54, 1.807) is 18.2 Å². The van der Waals surface area contributed by atoms with Crippen LogP contribution >= 0.6 is 23.2 Å². The number of unbranched alkanes of at least 4 members (excludes halogenated alkanes) is 2. The van der Waals surface area contributed by atoms with Gasteiger partial charge in [-0.1, -0.05) is 43.0 Å². The summed E-state index contributed by atoms with van der Waals surface area (Å²) in [7, 11) is 0. The van der Waals surface area contributed by atoms with E-state index in [9.17, 15) is 4.79 Å². The minimum absolute atomic E-state index is 0.219. The number of carbonyl (C=O) groups is 1. The lowest BCUT2D eigenvalue weighted by molar-refractivity contribution is 0.0942. The van der Waals surface area contributed by atoms with Crippen LogP contribution in [0.1, 0.15) is 53.5 Å². The summed E-state index contributed by atoms with van der Waals surface area (Å²) < 4.78 is 1.45. The standard InChI is InChI=1S/C17H20Cl2N2O/c1-4-5-6-7-14-11(2)20-21(12(14)3)17(22)15-9-8-13(18)10-16(15)19/h8-10H,4-7H2,1-3H3. The Bertz CT molecular complexity index is 692. The summed E-state index contributed by atoms with van der Waals surface area (Å²) in [6.45, 7) is 6.06. The summed E-state index contributed by atoms with van der Waals surface area (Å²) in [6, 6.07) is 4.87. The molecule has 1 aromatic carbocycles. The van der Waals surface area contributed by atoms with E-state index in [0.717, 1.165) is 29.8 Å². The third kappa shape index (κ3) is 3.53. The van der Waals surface area contributed by atoms with Gasteiger partial charge >= 0.3 is 0 Å². The van der Waals surface area contributed by atoms with Crippen LogP contribution in [0.25, 0.3) is 0 Å². The molecule has 2 rings (SSSR count). The molecule has 118 valence electrons. The quantitative estimate of drug-likeness (QED) is 0.699. The molecule has 0 radical (unpaired) electrons. The molecule has 0 spiro atoms. The average molecular weight is 339 g/mol. The molecule has 3 nitrogen and oxygen atoms in total. The molecule has 0 atom stereocenters. The van der Waals surface area contributed by atoms with Crippen LogP contribution in [0, 0.1) is 13.8 Å². The molecule has 1 heterocycles. The summed E-state index contributed by atoms with van der Waals surface area (Å²) >= 11 is 12.0. The van der Waals surface area contributed by atoms with Gasteiger partial charge in [0, 0.05) is 10.7 Å². The highest BCUT2D eigenvalue weighted by Crippen LogP contribution is 2.23. The van der Waals surface area contributed by atoms with Crippen molar-refractivity contribution in [1.82, 2.24) is 9.78 Å². The van der Waals surface area contributed by atoms with Crippen molar-refractivity contribution in [3.05, 3.63) is 50.8 Å². The smallest absolute Gasteiger partial charge is 0.267 e. The van der Waals surface area contributed by atoms with Gasteiger partial charge in [0.05, 0.1) is 16.3 Å². The number of rotatable bonds is 5. The number of halogens is 2. The van der Waals surface area contributed by atoms with Gasteiger partial charge in [0.25, 0.3) is 5.91 Å². The minimum Gasteiger partial charge on any atom is -0.267 e. The van der Waals surface area contributed by atoms with E-state index in [1.165, 1.54) is 17.5 Å². The fourth-order valence-electron chi connectivity index (χ4n) is 2.56. The third-order valence-electron chi connectivity index (χ3n) is 3.83. The van der Waals surface area contributed by atoms with Gasteiger partial charge in [-0.15, -0.1) is 0 Å². The van der Waals surface area contributed by atoms with Gasteiger partial charge in [-0.3, -0.25) is 4.79 Å². The molecular weight excluding hydrogens is 319 g/mol. The first-order valence-corrected chi connectivity index (χ1v) is 8.26. The summed E-state index contributed by atoms with van der Waals surface area (Å²) in [6.07, 6.45) is 4.42. The molecule has 0 bridgehead atoms. The second-order valence-corrected chi connectivity index (χ2v) is 6.29. The van der Waals surface area contributed by atoms with Crippen LogP contribution in [-0.2, 0) is 6.42 Å². The SMILES string of the molecule is CCCCCc1c(C)nn(C(=O)c2ccc(Cl)cc2Cl)c1C. The maximum absolute atomic E-state index is 12.7. The van der Waals surface area contributed by atoms with Crippen molar-refractivity contribution in [2.24, 2.45) is 0 Å². The van der Waals surface area contributed by atoms with Crippen molar-refractivity contribution in [1.29, 1.82) is 0 Å². The van der Waals surface area contributed by atoms with Crippen molar-refractivity contribution in [3.8, 4) is 0 Å². The molecule has 0 saturated heterocycles. The highest BCUT2D eigenvalue weighted by molar-refractivity contribution is 6.36. The Hall–Kier alpha value is -1.32. The molecule has 0 aliphatic carbocycles. The van der Waals surface area contributed by atoms with Crippen molar-refractivity contribution < 1.29 is 4.79 Å². The van der Waals surface area contributed by atoms with Gasteiger partial charge in [-0.05, 0) is 50.5 Å². The van der Waals surface area contributed by atoms with E-state index in [1.807, 2.05) is 13.8 Å². The Morgan fingerprint density at radius 1 is 1.23 bits per heavy atom. The van der Waals surface area contributed by atoms with Gasteiger partial charge in [0.15, 0.2) is 0 Å². The zero-order valence-corrected chi connectivity index (χ0v) is 14.6. The number of carbonyl (C=O) groups excluding carboxylic acids is 1. The minimum atomic E-state index is -0.219. The molecule has 0 N–H and O–H groups in total. The summed E-state index contributed by atoms with van der Waals surface area (Å²) in [5, 5.41) is 5.26. The van der Waals surface area contributed by atoms with Crippen LogP contribution in [0.5, 0.6) is 0 Å². The first-order chi connectivity index (χ1) is 10.5. The fourth-order valence-corrected chi connectivity index (χ4v) is 3.05. The van der Waals surface area contributed by atoms with E-state index in [0.29, 0.717) is 15.6 Å². The lowest BCUT2D eigenvalue weighted by atomic mass is 10.1. The Balaban J connectivity index is 2.32. The van der Waals surface area contributed by atoms with Crippen LogP contribution in [0.15, 0.2) is 18.2 Å². The number of hydrogen-bond acceptors (Lipinski definition) is 2. The zero-order chi connectivity index (χ0) is 16.3. The third-order valence-corrected chi connectivity index (χ3v) is 4.37. The Labute approximate surface area is 141 Å². The topological polar surface area (TPSA) is 34.9 Å². The average Bonchev–Trinajstić information content (AvgIpc) is 2.75. The lowest BCUT2D eigenvalue weighted by Crippen LogP contribution is -2.16. The van der Waals surface area contributed by atoms with Gasteiger partial charge in [0.2, 0.25) is 0 Å². The maximum Gasteiger partial charge on any atom is 0.279 e. The molecule has 0 amide bonds. The Kier molecular flexibility index (Phi) is 5.65. The molecule has 22 heavy (non-hydrogen) atoms. The molecule has 0 aliphatic heterocycles. The van der Waals surface area contributed by atoms with Crippen molar-refractivity contribution in [2.45, 2.75) is 46.5 Å². The molecule has 1 aromatic heterocycles. The first-order valence-electron chi connectivity index (χ1n) is 7.50. The molecular formula is C17H20Cl2N2O. The predicted octanol–water partition coefficient (Wildman–Crippen LogP) is 5.23. The number of hydrogen-bond donors (Lipinski definition) is 0. The highest BCUT2D eigenvalue weighted by Gasteiger charge is 2.19. The van der Waals surface area contributed by atoms with Gasteiger partial charge < -0.3 is 0 Å². The molecule has 0 saturated carbocycles. The molecule has 0 unspecified atom stereocenters. The summed E-state index contributed by atoms with van der Waals surface area (Å²) in [4.78, 5) is 12.7. The fraction of sp³-hybridized carbons (Fsp3) is 0.412. The van der Waals surface area contributed by atoms with Crippen LogP contribution in [0.4, 0.5) is 0 Å². The van der Waals surface area contributed by atoms with Crippen LogP contribution in [0.2, 0.25) is 10.0 Å². The van der Waals surface area contributed by atoms with Gasteiger partial charge in [0.1, 0.15) is 0 Å². The van der Waals surface area contributed by atoms with Gasteiger partial charge in [-0.25, -0.2) is 4.68 Å². The zero-order valence-electron chi connectivity index (χ0n) is 13.1. The maximum atomic E-state index is 12.7. The van der Waals surface area contributed by atoms with E-state index >= 15 is 0 Å². The first kappa shape index (κ1) is 17.0. The van der Waals surface area contributed by atoms with Gasteiger partial charge in [-0.2, -0.15) is 5.10 Å². The number of aryl methyl sites for hydroxylation is 1. The van der Waals surface area contributed by atoms with Crippen LogP contribution < -0.4 is 0 Å². The second kappa shape index (κ2) is 7.30. The van der Waals surface area contributed by atoms with Crippen molar-refractivity contribution in [3.63, 3.8) is 0 Å². The van der Waals surface area contributed by atoms with E-state index in [4.69, 9.17) is 23.2 Å². The van der Waals surface area contributed by atoms with Crippen LogP contribution in [0.3, 0.4) is 0 Å². The molecule has 5 heteroatoms. The monoisotopic (exact) mass is 338 g/mol. The highest BCUT2D eigenvalue weighted by atomic mass is 35.5. The summed E-state index contributed by atoms with van der Waals surface area (Å²) in [5.74, 6) is -0.219. The van der Waals surface area contributed by atoms with Crippen molar-refractivity contribution in [2.75, 3.05) is 0 Å². The number of benzene rings is 1. The molecule has 0 fully saturated rings. The van der Waals surface area contributed by atoms with Crippen LogP contribution in [-0.4, -0.2) is 15.7 Å². The van der Waals surface area contributed by atoms with E-state index in [-0.39, 0.29) is 5.91 Å². The normalized spacial score (nSPS) is 11.0. The molecule has 0 aliphatic rings. The second-order valence-electron chi connectivity index (χ2n) is 5.45. The Morgan fingerprint density at radius 3 is 2.59 bits per heavy atom. The van der Waals surface area contributed by atoms with E-state index < -0.39 is 0 Å². The number of nitrogens with zero attached hydrogens (tertiary/aromatic N) is 2.